The lowest BCUT2D eigenvalue weighted by Crippen LogP contribution is -2.48. The minimum absolute atomic E-state index is 0.156. The third-order valence-corrected chi connectivity index (χ3v) is 6.17. The maximum atomic E-state index is 12.8. The van der Waals surface area contributed by atoms with E-state index in [9.17, 15) is 8.42 Å². The third kappa shape index (κ3) is 2.73. The molecular weight excluding hydrogens is 292 g/mol. The zero-order chi connectivity index (χ0) is 15.0. The highest BCUT2D eigenvalue weighted by atomic mass is 32.2. The van der Waals surface area contributed by atoms with Crippen molar-refractivity contribution in [3.63, 3.8) is 0 Å². The quantitative estimate of drug-likeness (QED) is 0.812. The summed E-state index contributed by atoms with van der Waals surface area (Å²) in [4.78, 5) is 4.51. The van der Waals surface area contributed by atoms with E-state index in [0.717, 1.165) is 24.4 Å². The first kappa shape index (κ1) is 15.0. The van der Waals surface area contributed by atoms with E-state index in [1.54, 1.807) is 4.31 Å². The molecule has 3 rings (SSSR count). The van der Waals surface area contributed by atoms with Crippen molar-refractivity contribution in [1.29, 1.82) is 0 Å². The van der Waals surface area contributed by atoms with E-state index in [2.05, 4.69) is 4.98 Å². The summed E-state index contributed by atoms with van der Waals surface area (Å²) >= 11 is 0. The summed E-state index contributed by atoms with van der Waals surface area (Å²) < 4.78 is 36.0. The highest BCUT2D eigenvalue weighted by Crippen LogP contribution is 2.34. The van der Waals surface area contributed by atoms with Crippen LogP contribution in [-0.2, 0) is 22.0 Å². The molecule has 8 heteroatoms. The predicted molar refractivity (Wildman–Crippen MR) is 77.9 cm³/mol. The van der Waals surface area contributed by atoms with Gasteiger partial charge in [0.2, 0.25) is 0 Å². The van der Waals surface area contributed by atoms with E-state index >= 15 is 0 Å². The summed E-state index contributed by atoms with van der Waals surface area (Å²) in [6.07, 6.45) is 3.64. The lowest BCUT2D eigenvalue weighted by Gasteiger charge is -2.32. The Labute approximate surface area is 125 Å². The fraction of sp³-hybridized carbons (Fsp3) is 0.769. The highest BCUT2D eigenvalue weighted by molar-refractivity contribution is 7.86. The van der Waals surface area contributed by atoms with Gasteiger partial charge in [-0.2, -0.15) is 17.0 Å². The Morgan fingerprint density at radius 2 is 2.00 bits per heavy atom. The average Bonchev–Trinajstić information content (AvgIpc) is 3.06. The van der Waals surface area contributed by atoms with E-state index < -0.39 is 10.2 Å². The zero-order valence-electron chi connectivity index (χ0n) is 12.5. The lowest BCUT2D eigenvalue weighted by molar-refractivity contribution is 0.0698. The molecule has 118 valence electrons. The maximum Gasteiger partial charge on any atom is 0.282 e. The summed E-state index contributed by atoms with van der Waals surface area (Å²) in [6, 6.07) is -0.156. The van der Waals surface area contributed by atoms with Crippen LogP contribution < -0.4 is 0 Å². The summed E-state index contributed by atoms with van der Waals surface area (Å²) in [6.45, 7) is 4.31. The van der Waals surface area contributed by atoms with Crippen LogP contribution in [-0.4, -0.2) is 59.4 Å². The largest absolute Gasteiger partial charge is 0.379 e. The van der Waals surface area contributed by atoms with Crippen LogP contribution in [0, 0.1) is 6.92 Å². The summed E-state index contributed by atoms with van der Waals surface area (Å²) in [5.74, 6) is 0.835. The van der Waals surface area contributed by atoms with Crippen molar-refractivity contribution in [2.75, 3.05) is 32.8 Å². The van der Waals surface area contributed by atoms with Gasteiger partial charge in [-0.25, -0.2) is 4.98 Å². The smallest absolute Gasteiger partial charge is 0.282 e. The van der Waals surface area contributed by atoms with Gasteiger partial charge in [0, 0.05) is 32.9 Å². The number of hydrogen-bond acceptors (Lipinski definition) is 4. The fourth-order valence-corrected chi connectivity index (χ4v) is 4.93. The molecule has 7 nitrogen and oxygen atoms in total. The lowest BCUT2D eigenvalue weighted by atomic mass is 10.2. The number of hydrogen-bond donors (Lipinski definition) is 0. The number of imidazole rings is 1. The van der Waals surface area contributed by atoms with Crippen LogP contribution in [0.1, 0.15) is 30.4 Å². The Morgan fingerprint density at radius 1 is 1.29 bits per heavy atom. The summed E-state index contributed by atoms with van der Waals surface area (Å²) in [5.41, 5.74) is 0.920. The van der Waals surface area contributed by atoms with Crippen LogP contribution in [0.2, 0.25) is 0 Å². The molecule has 3 heterocycles. The zero-order valence-corrected chi connectivity index (χ0v) is 13.3. The molecule has 2 aliphatic heterocycles. The van der Waals surface area contributed by atoms with Gasteiger partial charge in [0.25, 0.3) is 10.2 Å². The van der Waals surface area contributed by atoms with E-state index in [-0.39, 0.29) is 6.04 Å². The van der Waals surface area contributed by atoms with Crippen molar-refractivity contribution in [1.82, 2.24) is 18.2 Å². The second-order valence-corrected chi connectivity index (χ2v) is 7.52. The van der Waals surface area contributed by atoms with Crippen LogP contribution in [0.3, 0.4) is 0 Å². The first-order valence-corrected chi connectivity index (χ1v) is 8.74. The van der Waals surface area contributed by atoms with E-state index in [0.29, 0.717) is 32.8 Å². The third-order valence-electron chi connectivity index (χ3n) is 4.13. The second-order valence-electron chi connectivity index (χ2n) is 5.64. The topological polar surface area (TPSA) is 67.7 Å². The Hall–Kier alpha value is -0.960. The number of aryl methyl sites for hydroxylation is 2. The first-order chi connectivity index (χ1) is 10.00. The minimum Gasteiger partial charge on any atom is -0.379 e. The molecule has 0 radical (unpaired) electrons. The van der Waals surface area contributed by atoms with Crippen molar-refractivity contribution >= 4 is 10.2 Å². The van der Waals surface area contributed by atoms with Gasteiger partial charge in [-0.3, -0.25) is 0 Å². The molecular formula is C13H22N4O3S. The molecule has 0 N–H and O–H groups in total. The SMILES string of the molecule is Cc1cn(C)c([C@@H]2CCCN2S(=O)(=O)N2CCOCC2)n1. The predicted octanol–water partition coefficient (Wildman–Crippen LogP) is 0.442. The van der Waals surface area contributed by atoms with Gasteiger partial charge in [-0.05, 0) is 19.8 Å². The van der Waals surface area contributed by atoms with Crippen LogP contribution in [0.5, 0.6) is 0 Å². The number of aromatic nitrogens is 2. The van der Waals surface area contributed by atoms with Crippen molar-refractivity contribution in [3.8, 4) is 0 Å². The molecule has 0 unspecified atom stereocenters. The standard InChI is InChI=1S/C13H22N4O3S/c1-11-10-15(2)13(14-11)12-4-3-5-17(12)21(18,19)16-6-8-20-9-7-16/h10,12H,3-9H2,1-2H3/t12-/m0/s1. The average molecular weight is 314 g/mol. The number of rotatable bonds is 3. The van der Waals surface area contributed by atoms with Crippen LogP contribution in [0.15, 0.2) is 6.20 Å². The van der Waals surface area contributed by atoms with Gasteiger partial charge < -0.3 is 9.30 Å². The molecule has 21 heavy (non-hydrogen) atoms. The molecule has 0 bridgehead atoms. The maximum absolute atomic E-state index is 12.8. The molecule has 2 saturated heterocycles. The second kappa shape index (κ2) is 5.68. The van der Waals surface area contributed by atoms with Crippen LogP contribution in [0.25, 0.3) is 0 Å². The molecule has 0 saturated carbocycles. The van der Waals surface area contributed by atoms with E-state index in [1.807, 2.05) is 24.7 Å². The Bertz CT molecular complexity index is 607. The minimum atomic E-state index is -3.43. The molecule has 2 fully saturated rings. The molecule has 1 aromatic heterocycles. The molecule has 1 atom stereocenters. The normalized spacial score (nSPS) is 25.5. The van der Waals surface area contributed by atoms with Gasteiger partial charge in [0.05, 0.1) is 24.9 Å². The highest BCUT2D eigenvalue weighted by Gasteiger charge is 2.40. The number of nitrogens with zero attached hydrogens (tertiary/aromatic N) is 4. The van der Waals surface area contributed by atoms with E-state index in [1.165, 1.54) is 4.31 Å². The van der Waals surface area contributed by atoms with Crippen LogP contribution in [0.4, 0.5) is 0 Å². The fourth-order valence-electron chi connectivity index (χ4n) is 3.14. The molecule has 0 amide bonds. The molecule has 0 aliphatic carbocycles. The van der Waals surface area contributed by atoms with Gasteiger partial charge >= 0.3 is 0 Å². The van der Waals surface area contributed by atoms with Crippen molar-refractivity contribution in [3.05, 3.63) is 17.7 Å². The molecule has 2 aliphatic rings. The van der Waals surface area contributed by atoms with Crippen molar-refractivity contribution in [2.45, 2.75) is 25.8 Å². The summed E-state index contributed by atoms with van der Waals surface area (Å²) in [7, 11) is -1.51. The molecule has 0 spiro atoms. The van der Waals surface area contributed by atoms with Gasteiger partial charge in [0.1, 0.15) is 5.82 Å². The molecule has 1 aromatic rings. The molecule has 0 aromatic carbocycles. The Morgan fingerprint density at radius 3 is 2.62 bits per heavy atom. The van der Waals surface area contributed by atoms with Crippen molar-refractivity contribution in [2.24, 2.45) is 7.05 Å². The van der Waals surface area contributed by atoms with Gasteiger partial charge in [0.15, 0.2) is 0 Å². The Balaban J connectivity index is 1.88. The first-order valence-electron chi connectivity index (χ1n) is 7.34. The van der Waals surface area contributed by atoms with Crippen molar-refractivity contribution < 1.29 is 13.2 Å². The number of ether oxygens (including phenoxy) is 1. The van der Waals surface area contributed by atoms with Gasteiger partial charge in [-0.15, -0.1) is 0 Å². The van der Waals surface area contributed by atoms with Gasteiger partial charge in [-0.1, -0.05) is 0 Å². The van der Waals surface area contributed by atoms with E-state index in [4.69, 9.17) is 4.74 Å². The summed E-state index contributed by atoms with van der Waals surface area (Å²) in [5, 5.41) is 0. The monoisotopic (exact) mass is 314 g/mol. The van der Waals surface area contributed by atoms with Crippen LogP contribution >= 0.6 is 0 Å². The Kier molecular flexibility index (Phi) is 4.04. The number of morpholine rings is 1.